The number of rotatable bonds is 5. The van der Waals surface area contributed by atoms with E-state index in [0.29, 0.717) is 28.6 Å². The lowest BCUT2D eigenvalue weighted by molar-refractivity contribution is 0.0950. The van der Waals surface area contributed by atoms with Crippen molar-refractivity contribution < 1.29 is 4.79 Å². The zero-order chi connectivity index (χ0) is 22.9. The van der Waals surface area contributed by atoms with Gasteiger partial charge in [0.1, 0.15) is 5.65 Å². The number of carbonyl (C=O) groups excluding carboxylic acids is 1. The highest BCUT2D eigenvalue weighted by molar-refractivity contribution is 6.35. The van der Waals surface area contributed by atoms with Gasteiger partial charge in [-0.3, -0.25) is 14.8 Å². The SMILES string of the molecule is Cc1c(CNC(=O)c2ccnc(Cc3ccc4ncc(Cl)cc4c3)c2)cnc2[nH]cc(Cl)c12. The number of H-pyrrole nitrogens is 1. The zero-order valence-electron chi connectivity index (χ0n) is 17.7. The molecule has 5 rings (SSSR count). The number of amides is 1. The van der Waals surface area contributed by atoms with Crippen LogP contribution in [-0.4, -0.2) is 25.8 Å². The minimum Gasteiger partial charge on any atom is -0.348 e. The zero-order valence-corrected chi connectivity index (χ0v) is 19.2. The monoisotopic (exact) mass is 475 g/mol. The second-order valence-corrected chi connectivity index (χ2v) is 8.69. The number of hydrogen-bond acceptors (Lipinski definition) is 4. The highest BCUT2D eigenvalue weighted by Gasteiger charge is 2.12. The van der Waals surface area contributed by atoms with E-state index in [1.165, 1.54) is 0 Å². The molecule has 5 aromatic rings. The molecule has 0 saturated heterocycles. The molecule has 6 nitrogen and oxygen atoms in total. The van der Waals surface area contributed by atoms with Gasteiger partial charge in [-0.2, -0.15) is 0 Å². The molecule has 8 heteroatoms. The number of fused-ring (bicyclic) bond motifs is 2. The molecule has 0 atom stereocenters. The lowest BCUT2D eigenvalue weighted by Crippen LogP contribution is -2.23. The molecule has 164 valence electrons. The summed E-state index contributed by atoms with van der Waals surface area (Å²) in [5, 5.41) is 6.03. The van der Waals surface area contributed by atoms with Gasteiger partial charge in [0, 0.05) is 59.8 Å². The van der Waals surface area contributed by atoms with Gasteiger partial charge in [0.25, 0.3) is 5.91 Å². The normalized spacial score (nSPS) is 11.2. The van der Waals surface area contributed by atoms with Gasteiger partial charge in [-0.25, -0.2) is 4.98 Å². The number of nitrogens with zero attached hydrogens (tertiary/aromatic N) is 3. The van der Waals surface area contributed by atoms with Gasteiger partial charge in [-0.1, -0.05) is 29.3 Å². The Morgan fingerprint density at radius 3 is 2.82 bits per heavy atom. The van der Waals surface area contributed by atoms with Crippen molar-refractivity contribution in [3.63, 3.8) is 0 Å². The Morgan fingerprint density at radius 2 is 1.94 bits per heavy atom. The number of pyridine rings is 3. The Kier molecular flexibility index (Phi) is 5.70. The number of aromatic nitrogens is 4. The van der Waals surface area contributed by atoms with Gasteiger partial charge in [0.05, 0.1) is 15.6 Å². The van der Waals surface area contributed by atoms with Crippen LogP contribution in [0.15, 0.2) is 61.2 Å². The number of aryl methyl sites for hydroxylation is 1. The van der Waals surface area contributed by atoms with Crippen LogP contribution in [0.3, 0.4) is 0 Å². The predicted molar refractivity (Wildman–Crippen MR) is 131 cm³/mol. The van der Waals surface area contributed by atoms with Crippen LogP contribution in [0.25, 0.3) is 21.9 Å². The summed E-state index contributed by atoms with van der Waals surface area (Å²) >= 11 is 12.3. The summed E-state index contributed by atoms with van der Waals surface area (Å²) in [5.41, 5.74) is 5.94. The Bertz CT molecular complexity index is 1510. The van der Waals surface area contributed by atoms with Crippen LogP contribution < -0.4 is 5.32 Å². The maximum Gasteiger partial charge on any atom is 0.251 e. The molecule has 4 heterocycles. The third-order valence-electron chi connectivity index (χ3n) is 5.63. The van der Waals surface area contributed by atoms with Crippen molar-refractivity contribution in [2.24, 2.45) is 0 Å². The largest absolute Gasteiger partial charge is 0.348 e. The van der Waals surface area contributed by atoms with Gasteiger partial charge in [0.2, 0.25) is 0 Å². The van der Waals surface area contributed by atoms with E-state index >= 15 is 0 Å². The highest BCUT2D eigenvalue weighted by Crippen LogP contribution is 2.27. The van der Waals surface area contributed by atoms with Crippen molar-refractivity contribution in [3.05, 3.63) is 99.2 Å². The van der Waals surface area contributed by atoms with Crippen LogP contribution in [0.2, 0.25) is 10.0 Å². The molecular weight excluding hydrogens is 457 g/mol. The first-order valence-corrected chi connectivity index (χ1v) is 11.1. The van der Waals surface area contributed by atoms with E-state index in [2.05, 4.69) is 25.3 Å². The maximum absolute atomic E-state index is 12.8. The molecule has 1 amide bonds. The van der Waals surface area contributed by atoms with Gasteiger partial charge >= 0.3 is 0 Å². The van der Waals surface area contributed by atoms with Crippen LogP contribution >= 0.6 is 23.2 Å². The van der Waals surface area contributed by atoms with Crippen molar-refractivity contribution >= 4 is 51.0 Å². The maximum atomic E-state index is 12.8. The van der Waals surface area contributed by atoms with Crippen molar-refractivity contribution in [2.75, 3.05) is 0 Å². The van der Waals surface area contributed by atoms with Gasteiger partial charge in [0.15, 0.2) is 0 Å². The lowest BCUT2D eigenvalue weighted by Gasteiger charge is -2.10. The topological polar surface area (TPSA) is 83.6 Å². The van der Waals surface area contributed by atoms with Gasteiger partial charge < -0.3 is 10.3 Å². The van der Waals surface area contributed by atoms with Gasteiger partial charge in [-0.15, -0.1) is 0 Å². The smallest absolute Gasteiger partial charge is 0.251 e. The average molecular weight is 476 g/mol. The van der Waals surface area contributed by atoms with Crippen LogP contribution in [0.1, 0.15) is 32.7 Å². The molecule has 0 saturated carbocycles. The fourth-order valence-electron chi connectivity index (χ4n) is 3.89. The average Bonchev–Trinajstić information content (AvgIpc) is 3.19. The molecule has 0 aliphatic heterocycles. The standard InChI is InChI=1S/C25H19Cl2N5O/c1-14-18(10-30-24-23(14)21(27)13-31-24)11-32-25(33)16-4-5-28-20(9-16)7-15-2-3-22-17(6-15)8-19(26)12-29-22/h2-6,8-10,12-13H,7,11H2,1H3,(H,30,31)(H,32,33). The highest BCUT2D eigenvalue weighted by atomic mass is 35.5. The quantitative estimate of drug-likeness (QED) is 0.344. The molecule has 0 aliphatic carbocycles. The lowest BCUT2D eigenvalue weighted by atomic mass is 10.0. The second kappa shape index (κ2) is 8.81. The second-order valence-electron chi connectivity index (χ2n) is 7.84. The number of halogens is 2. The molecule has 0 aliphatic rings. The molecule has 0 bridgehead atoms. The van der Waals surface area contributed by atoms with Crippen molar-refractivity contribution in [1.82, 2.24) is 25.3 Å². The predicted octanol–water partition coefficient (Wildman–Crippen LogP) is 5.64. The third kappa shape index (κ3) is 4.40. The molecule has 0 radical (unpaired) electrons. The molecule has 2 N–H and O–H groups in total. The summed E-state index contributed by atoms with van der Waals surface area (Å²) in [6.45, 7) is 2.33. The number of hydrogen-bond donors (Lipinski definition) is 2. The molecule has 0 spiro atoms. The fourth-order valence-corrected chi connectivity index (χ4v) is 4.34. The minimum absolute atomic E-state index is 0.173. The van der Waals surface area contributed by atoms with E-state index in [4.69, 9.17) is 23.2 Å². The third-order valence-corrected chi connectivity index (χ3v) is 6.14. The molecular formula is C25H19Cl2N5O. The molecule has 4 aromatic heterocycles. The molecule has 0 fully saturated rings. The summed E-state index contributed by atoms with van der Waals surface area (Å²) in [4.78, 5) is 29.0. The van der Waals surface area contributed by atoms with E-state index in [-0.39, 0.29) is 5.91 Å². The molecule has 0 unspecified atom stereocenters. The fraction of sp³-hybridized carbons (Fsp3) is 0.120. The Hall–Kier alpha value is -3.48. The van der Waals surface area contributed by atoms with E-state index < -0.39 is 0 Å². The first-order valence-electron chi connectivity index (χ1n) is 10.4. The number of carbonyl (C=O) groups is 1. The Labute approximate surface area is 200 Å². The number of benzene rings is 1. The summed E-state index contributed by atoms with van der Waals surface area (Å²) in [7, 11) is 0. The van der Waals surface area contributed by atoms with E-state index in [1.807, 2.05) is 37.3 Å². The Balaban J connectivity index is 1.31. The minimum atomic E-state index is -0.173. The first-order chi connectivity index (χ1) is 16.0. The number of nitrogens with one attached hydrogen (secondary N) is 2. The van der Waals surface area contributed by atoms with E-state index in [0.717, 1.165) is 44.3 Å². The summed E-state index contributed by atoms with van der Waals surface area (Å²) in [5.74, 6) is -0.173. The van der Waals surface area contributed by atoms with Crippen LogP contribution in [-0.2, 0) is 13.0 Å². The van der Waals surface area contributed by atoms with Crippen LogP contribution in [0.5, 0.6) is 0 Å². The molecule has 33 heavy (non-hydrogen) atoms. The summed E-state index contributed by atoms with van der Waals surface area (Å²) < 4.78 is 0. The Morgan fingerprint density at radius 1 is 1.06 bits per heavy atom. The number of aromatic amines is 1. The summed E-state index contributed by atoms with van der Waals surface area (Å²) in [6, 6.07) is 11.4. The van der Waals surface area contributed by atoms with Crippen molar-refractivity contribution in [3.8, 4) is 0 Å². The van der Waals surface area contributed by atoms with Crippen LogP contribution in [0.4, 0.5) is 0 Å². The van der Waals surface area contributed by atoms with E-state index in [1.54, 1.807) is 30.9 Å². The molecule has 1 aromatic carbocycles. The summed E-state index contributed by atoms with van der Waals surface area (Å²) in [6.07, 6.45) is 7.35. The van der Waals surface area contributed by atoms with E-state index in [9.17, 15) is 4.79 Å². The van der Waals surface area contributed by atoms with Crippen molar-refractivity contribution in [1.29, 1.82) is 0 Å². The van der Waals surface area contributed by atoms with Crippen molar-refractivity contribution in [2.45, 2.75) is 19.9 Å². The van der Waals surface area contributed by atoms with Gasteiger partial charge in [-0.05, 0) is 53.9 Å². The first kappa shape index (κ1) is 21.4. The van der Waals surface area contributed by atoms with Crippen LogP contribution in [0, 0.1) is 6.92 Å².